The second-order valence-electron chi connectivity index (χ2n) is 3.02. The third kappa shape index (κ3) is 6.58. The summed E-state index contributed by atoms with van der Waals surface area (Å²) in [6, 6.07) is 0.472. The van der Waals surface area contributed by atoms with Crippen molar-refractivity contribution in [2.75, 3.05) is 26.8 Å². The predicted molar refractivity (Wildman–Crippen MR) is 52.2 cm³/mol. The van der Waals surface area contributed by atoms with E-state index in [-0.39, 0.29) is 0 Å². The lowest BCUT2D eigenvalue weighted by Gasteiger charge is -2.15. The van der Waals surface area contributed by atoms with E-state index >= 15 is 0 Å². The van der Waals surface area contributed by atoms with Crippen molar-refractivity contribution in [2.24, 2.45) is 5.73 Å². The smallest absolute Gasteiger partial charge is 0.0587 e. The summed E-state index contributed by atoms with van der Waals surface area (Å²) in [6.45, 7) is 4.59. The molecule has 0 bridgehead atoms. The molecule has 0 aliphatic carbocycles. The molecule has 0 aromatic rings. The number of methoxy groups -OCH3 is 1. The van der Waals surface area contributed by atoms with Gasteiger partial charge in [0.1, 0.15) is 0 Å². The van der Waals surface area contributed by atoms with Gasteiger partial charge in [-0.1, -0.05) is 19.8 Å². The number of ether oxygens (including phenoxy) is 1. The minimum atomic E-state index is 0.472. The molecule has 0 fully saturated rings. The van der Waals surface area contributed by atoms with Gasteiger partial charge in [0.05, 0.1) is 6.61 Å². The second kappa shape index (κ2) is 8.97. The third-order valence-corrected chi connectivity index (χ3v) is 1.93. The predicted octanol–water partition coefficient (Wildman–Crippen LogP) is 0.740. The van der Waals surface area contributed by atoms with Crippen LogP contribution in [0.4, 0.5) is 0 Å². The summed E-state index contributed by atoms with van der Waals surface area (Å²) in [7, 11) is 1.71. The zero-order valence-electron chi connectivity index (χ0n) is 8.31. The Morgan fingerprint density at radius 2 is 2.25 bits per heavy atom. The fourth-order valence-corrected chi connectivity index (χ4v) is 1.12. The van der Waals surface area contributed by atoms with Gasteiger partial charge in [0, 0.05) is 26.2 Å². The van der Waals surface area contributed by atoms with Gasteiger partial charge in [0.15, 0.2) is 0 Å². The molecule has 0 aromatic carbocycles. The van der Waals surface area contributed by atoms with E-state index in [4.69, 9.17) is 10.5 Å². The molecule has 3 nitrogen and oxygen atoms in total. The van der Waals surface area contributed by atoms with Crippen LogP contribution in [0.25, 0.3) is 0 Å². The maximum absolute atomic E-state index is 5.59. The van der Waals surface area contributed by atoms with Gasteiger partial charge in [-0.05, 0) is 6.42 Å². The van der Waals surface area contributed by atoms with E-state index in [1.165, 1.54) is 19.3 Å². The first-order valence-electron chi connectivity index (χ1n) is 4.77. The van der Waals surface area contributed by atoms with E-state index < -0.39 is 0 Å². The first kappa shape index (κ1) is 11.9. The quantitative estimate of drug-likeness (QED) is 0.534. The molecule has 0 saturated carbocycles. The topological polar surface area (TPSA) is 47.3 Å². The Morgan fingerprint density at radius 1 is 1.50 bits per heavy atom. The third-order valence-electron chi connectivity index (χ3n) is 1.93. The van der Waals surface area contributed by atoms with Crippen LogP contribution in [0.2, 0.25) is 0 Å². The number of nitrogens with one attached hydrogen (secondary N) is 1. The van der Waals surface area contributed by atoms with Crippen LogP contribution in [0.3, 0.4) is 0 Å². The van der Waals surface area contributed by atoms with Crippen molar-refractivity contribution in [3.05, 3.63) is 0 Å². The summed E-state index contributed by atoms with van der Waals surface area (Å²) in [6.07, 6.45) is 3.67. The summed E-state index contributed by atoms with van der Waals surface area (Å²) >= 11 is 0. The Morgan fingerprint density at radius 3 is 2.75 bits per heavy atom. The Bertz CT molecular complexity index is 88.6. The normalized spacial score (nSPS) is 13.2. The van der Waals surface area contributed by atoms with Gasteiger partial charge in [0.2, 0.25) is 0 Å². The van der Waals surface area contributed by atoms with Crippen molar-refractivity contribution in [1.29, 1.82) is 0 Å². The van der Waals surface area contributed by atoms with Gasteiger partial charge in [-0.15, -0.1) is 0 Å². The number of hydrogen-bond donors (Lipinski definition) is 2. The highest BCUT2D eigenvalue weighted by atomic mass is 16.5. The zero-order valence-corrected chi connectivity index (χ0v) is 8.31. The van der Waals surface area contributed by atoms with Gasteiger partial charge in [-0.25, -0.2) is 0 Å². The second-order valence-corrected chi connectivity index (χ2v) is 3.02. The van der Waals surface area contributed by atoms with Gasteiger partial charge in [-0.3, -0.25) is 0 Å². The molecule has 0 aliphatic heterocycles. The average Bonchev–Trinajstić information content (AvgIpc) is 2.11. The van der Waals surface area contributed by atoms with E-state index in [0.29, 0.717) is 6.04 Å². The maximum atomic E-state index is 5.59. The largest absolute Gasteiger partial charge is 0.383 e. The van der Waals surface area contributed by atoms with E-state index in [9.17, 15) is 0 Å². The monoisotopic (exact) mass is 174 g/mol. The minimum Gasteiger partial charge on any atom is -0.383 e. The molecule has 0 aromatic heterocycles. The van der Waals surface area contributed by atoms with Crippen LogP contribution in [0.5, 0.6) is 0 Å². The van der Waals surface area contributed by atoms with Gasteiger partial charge in [-0.2, -0.15) is 0 Å². The number of rotatable bonds is 8. The molecule has 1 unspecified atom stereocenters. The molecule has 12 heavy (non-hydrogen) atoms. The molecule has 74 valence electrons. The molecule has 3 heteroatoms. The molecule has 0 amide bonds. The van der Waals surface area contributed by atoms with Crippen molar-refractivity contribution < 1.29 is 4.74 Å². The molecule has 0 aliphatic rings. The van der Waals surface area contributed by atoms with Crippen LogP contribution in [0.15, 0.2) is 0 Å². The van der Waals surface area contributed by atoms with Crippen molar-refractivity contribution in [2.45, 2.75) is 32.2 Å². The highest BCUT2D eigenvalue weighted by Crippen LogP contribution is 1.98. The fourth-order valence-electron chi connectivity index (χ4n) is 1.12. The zero-order chi connectivity index (χ0) is 9.23. The van der Waals surface area contributed by atoms with Crippen LogP contribution < -0.4 is 11.1 Å². The summed E-state index contributed by atoms with van der Waals surface area (Å²) in [4.78, 5) is 0. The maximum Gasteiger partial charge on any atom is 0.0587 e. The van der Waals surface area contributed by atoms with Crippen molar-refractivity contribution in [3.8, 4) is 0 Å². The standard InChI is InChI=1S/C9H22N2O/c1-3-4-5-9(8-10)11-6-7-12-2/h9,11H,3-8,10H2,1-2H3. The Kier molecular flexibility index (Phi) is 8.88. The Hall–Kier alpha value is -0.120. The van der Waals surface area contributed by atoms with Gasteiger partial charge >= 0.3 is 0 Å². The first-order valence-corrected chi connectivity index (χ1v) is 4.77. The lowest BCUT2D eigenvalue weighted by atomic mass is 10.1. The summed E-state index contributed by atoms with van der Waals surface area (Å²) in [5, 5.41) is 3.36. The molecule has 0 spiro atoms. The fraction of sp³-hybridized carbons (Fsp3) is 1.00. The number of nitrogens with two attached hydrogens (primary N) is 1. The lowest BCUT2D eigenvalue weighted by molar-refractivity contribution is 0.195. The van der Waals surface area contributed by atoms with E-state index in [2.05, 4.69) is 12.2 Å². The molecular weight excluding hydrogens is 152 g/mol. The van der Waals surface area contributed by atoms with Crippen LogP contribution in [0, 0.1) is 0 Å². The average molecular weight is 174 g/mol. The Labute approximate surface area is 75.7 Å². The molecule has 3 N–H and O–H groups in total. The molecule has 0 radical (unpaired) electrons. The van der Waals surface area contributed by atoms with Crippen LogP contribution in [0.1, 0.15) is 26.2 Å². The van der Waals surface area contributed by atoms with E-state index in [0.717, 1.165) is 19.7 Å². The molecule has 0 heterocycles. The van der Waals surface area contributed by atoms with Crippen LogP contribution in [-0.4, -0.2) is 32.8 Å². The molecule has 1 atom stereocenters. The van der Waals surface area contributed by atoms with Crippen molar-refractivity contribution in [3.63, 3.8) is 0 Å². The highest BCUT2D eigenvalue weighted by Gasteiger charge is 2.03. The summed E-state index contributed by atoms with van der Waals surface area (Å²) in [5.74, 6) is 0. The van der Waals surface area contributed by atoms with Crippen LogP contribution in [-0.2, 0) is 4.74 Å². The van der Waals surface area contributed by atoms with E-state index in [1.54, 1.807) is 7.11 Å². The highest BCUT2D eigenvalue weighted by molar-refractivity contribution is 4.66. The van der Waals surface area contributed by atoms with Crippen molar-refractivity contribution in [1.82, 2.24) is 5.32 Å². The lowest BCUT2D eigenvalue weighted by Crippen LogP contribution is -2.37. The number of unbranched alkanes of at least 4 members (excludes halogenated alkanes) is 1. The SMILES string of the molecule is CCCCC(CN)NCCOC. The molecule has 0 saturated heterocycles. The van der Waals surface area contributed by atoms with E-state index in [1.807, 2.05) is 0 Å². The van der Waals surface area contributed by atoms with Crippen molar-refractivity contribution >= 4 is 0 Å². The van der Waals surface area contributed by atoms with Gasteiger partial charge < -0.3 is 15.8 Å². The van der Waals surface area contributed by atoms with Gasteiger partial charge in [0.25, 0.3) is 0 Å². The molecular formula is C9H22N2O. The Balaban J connectivity index is 3.26. The van der Waals surface area contributed by atoms with Crippen LogP contribution >= 0.6 is 0 Å². The molecule has 0 rings (SSSR count). The summed E-state index contributed by atoms with van der Waals surface area (Å²) < 4.78 is 4.94. The minimum absolute atomic E-state index is 0.472. The first-order chi connectivity index (χ1) is 5.85. The summed E-state index contributed by atoms with van der Waals surface area (Å²) in [5.41, 5.74) is 5.59. The number of hydrogen-bond acceptors (Lipinski definition) is 3.